The van der Waals surface area contributed by atoms with E-state index in [0.717, 1.165) is 0 Å². The quantitative estimate of drug-likeness (QED) is 0.481. The van der Waals surface area contributed by atoms with Gasteiger partial charge in [0.2, 0.25) is 11.9 Å². The van der Waals surface area contributed by atoms with Crippen molar-refractivity contribution in [3.63, 3.8) is 0 Å². The average Bonchev–Trinajstić information content (AvgIpc) is 2.81. The molecule has 2 aromatic rings. The molecule has 0 atom stereocenters. The zero-order valence-electron chi connectivity index (χ0n) is 11.5. The smallest absolute Gasteiger partial charge is 0.323 e. The fourth-order valence-electron chi connectivity index (χ4n) is 1.39. The number of anilines is 2. The van der Waals surface area contributed by atoms with Gasteiger partial charge in [-0.05, 0) is 13.8 Å². The third-order valence-electron chi connectivity index (χ3n) is 2.14. The molecule has 2 heterocycles. The lowest BCUT2D eigenvalue weighted by Crippen LogP contribution is -2.16. The van der Waals surface area contributed by atoms with Gasteiger partial charge in [-0.2, -0.15) is 20.1 Å². The Morgan fingerprint density at radius 3 is 2.65 bits per heavy atom. The van der Waals surface area contributed by atoms with E-state index in [1.165, 1.54) is 0 Å². The third kappa shape index (κ3) is 3.75. The molecule has 0 aliphatic heterocycles. The van der Waals surface area contributed by atoms with E-state index in [9.17, 15) is 0 Å². The molecule has 10 heteroatoms. The van der Waals surface area contributed by atoms with Crippen molar-refractivity contribution in [2.75, 3.05) is 10.7 Å². The van der Waals surface area contributed by atoms with Gasteiger partial charge in [0.15, 0.2) is 5.82 Å². The Kier molecular flexibility index (Phi) is 4.25. The minimum Gasteiger partial charge on any atom is -0.461 e. The number of hydrazine groups is 1. The van der Waals surface area contributed by atoms with Crippen molar-refractivity contribution in [3.8, 4) is 6.01 Å². The molecule has 0 aliphatic carbocycles. The zero-order valence-corrected chi connectivity index (χ0v) is 11.5. The van der Waals surface area contributed by atoms with Crippen molar-refractivity contribution in [3.05, 3.63) is 12.2 Å². The van der Waals surface area contributed by atoms with E-state index in [-0.39, 0.29) is 18.1 Å². The summed E-state index contributed by atoms with van der Waals surface area (Å²) < 4.78 is 7.04. The molecular weight excluding hydrogens is 262 g/mol. The number of aromatic nitrogens is 6. The van der Waals surface area contributed by atoms with Gasteiger partial charge in [-0.25, -0.2) is 10.8 Å². The summed E-state index contributed by atoms with van der Waals surface area (Å²) in [6.07, 6.45) is 1.57. The lowest BCUT2D eigenvalue weighted by molar-refractivity contribution is 0.222. The molecule has 20 heavy (non-hydrogen) atoms. The first-order chi connectivity index (χ1) is 9.56. The Balaban J connectivity index is 2.09. The van der Waals surface area contributed by atoms with E-state index in [2.05, 4.69) is 35.8 Å². The number of ether oxygens (including phenoxy) is 1. The Hall–Kier alpha value is -2.49. The second-order valence-corrected chi connectivity index (χ2v) is 4.26. The summed E-state index contributed by atoms with van der Waals surface area (Å²) in [5, 5.41) is 7.13. The van der Waals surface area contributed by atoms with E-state index in [1.807, 2.05) is 13.8 Å². The van der Waals surface area contributed by atoms with Crippen molar-refractivity contribution in [2.45, 2.75) is 26.5 Å². The number of hydrogen-bond acceptors (Lipinski definition) is 9. The van der Waals surface area contributed by atoms with Crippen LogP contribution in [0.25, 0.3) is 0 Å². The summed E-state index contributed by atoms with van der Waals surface area (Å²) in [6.45, 7) is 4.14. The summed E-state index contributed by atoms with van der Waals surface area (Å²) in [6, 6.07) is 0.194. The van der Waals surface area contributed by atoms with Crippen LogP contribution >= 0.6 is 0 Å². The maximum absolute atomic E-state index is 5.42. The second-order valence-electron chi connectivity index (χ2n) is 4.26. The normalized spacial score (nSPS) is 10.7. The van der Waals surface area contributed by atoms with Crippen LogP contribution in [0, 0.1) is 0 Å². The van der Waals surface area contributed by atoms with Gasteiger partial charge < -0.3 is 10.1 Å². The van der Waals surface area contributed by atoms with Gasteiger partial charge in [0.25, 0.3) is 0 Å². The molecule has 0 radical (unpaired) electrons. The summed E-state index contributed by atoms with van der Waals surface area (Å²) >= 11 is 0. The fourth-order valence-corrected chi connectivity index (χ4v) is 1.39. The van der Waals surface area contributed by atoms with E-state index in [1.54, 1.807) is 18.1 Å². The second kappa shape index (κ2) is 6.10. The molecule has 2 aromatic heterocycles. The number of nitrogens with one attached hydrogen (secondary N) is 2. The van der Waals surface area contributed by atoms with Crippen LogP contribution in [0.4, 0.5) is 11.9 Å². The molecule has 0 unspecified atom stereocenters. The summed E-state index contributed by atoms with van der Waals surface area (Å²) in [4.78, 5) is 16.3. The van der Waals surface area contributed by atoms with Crippen LogP contribution in [0.5, 0.6) is 6.01 Å². The molecule has 0 bridgehead atoms. The van der Waals surface area contributed by atoms with E-state index >= 15 is 0 Å². The van der Waals surface area contributed by atoms with Gasteiger partial charge in [-0.1, -0.05) is 0 Å². The molecule has 0 aliphatic rings. The monoisotopic (exact) mass is 279 g/mol. The van der Waals surface area contributed by atoms with Crippen LogP contribution in [0.3, 0.4) is 0 Å². The van der Waals surface area contributed by atoms with Gasteiger partial charge in [-0.3, -0.25) is 10.1 Å². The highest BCUT2D eigenvalue weighted by Gasteiger charge is 2.09. The van der Waals surface area contributed by atoms with Gasteiger partial charge in [-0.15, -0.1) is 0 Å². The first-order valence-corrected chi connectivity index (χ1v) is 6.04. The Morgan fingerprint density at radius 1 is 1.30 bits per heavy atom. The van der Waals surface area contributed by atoms with E-state index < -0.39 is 0 Å². The Labute approximate surface area is 115 Å². The molecule has 0 fully saturated rings. The molecule has 0 saturated heterocycles. The predicted molar refractivity (Wildman–Crippen MR) is 71.7 cm³/mol. The first kappa shape index (κ1) is 13.9. The van der Waals surface area contributed by atoms with Crippen molar-refractivity contribution in [1.29, 1.82) is 0 Å². The molecule has 2 rings (SSSR count). The van der Waals surface area contributed by atoms with Crippen LogP contribution in [-0.2, 0) is 13.6 Å². The SMILES string of the molecule is CC(C)Oc1nc(NN)nc(NCc2ncn(C)n2)n1. The number of nitrogen functional groups attached to an aromatic ring is 1. The van der Waals surface area contributed by atoms with E-state index in [0.29, 0.717) is 18.3 Å². The fraction of sp³-hybridized carbons (Fsp3) is 0.500. The number of nitrogens with two attached hydrogens (primary N) is 1. The molecule has 0 saturated carbocycles. The number of aryl methyl sites for hydroxylation is 1. The highest BCUT2D eigenvalue weighted by Crippen LogP contribution is 2.12. The lowest BCUT2D eigenvalue weighted by atomic mass is 10.5. The minimum atomic E-state index is -0.0478. The van der Waals surface area contributed by atoms with Crippen LogP contribution in [0.2, 0.25) is 0 Å². The molecular formula is C10H17N9O. The average molecular weight is 279 g/mol. The van der Waals surface area contributed by atoms with Crippen LogP contribution in [-0.4, -0.2) is 35.8 Å². The maximum Gasteiger partial charge on any atom is 0.323 e. The topological polar surface area (TPSA) is 129 Å². The van der Waals surface area contributed by atoms with Crippen molar-refractivity contribution in [2.24, 2.45) is 12.9 Å². The van der Waals surface area contributed by atoms with Gasteiger partial charge >= 0.3 is 6.01 Å². The molecule has 10 nitrogen and oxygen atoms in total. The van der Waals surface area contributed by atoms with Crippen LogP contribution in [0.1, 0.15) is 19.7 Å². The zero-order chi connectivity index (χ0) is 14.5. The number of rotatable bonds is 6. The number of nitrogens with zero attached hydrogens (tertiary/aromatic N) is 6. The molecule has 108 valence electrons. The third-order valence-corrected chi connectivity index (χ3v) is 2.14. The van der Waals surface area contributed by atoms with Crippen molar-refractivity contribution >= 4 is 11.9 Å². The Morgan fingerprint density at radius 2 is 2.05 bits per heavy atom. The first-order valence-electron chi connectivity index (χ1n) is 6.04. The Bertz CT molecular complexity index is 568. The van der Waals surface area contributed by atoms with Crippen molar-refractivity contribution < 1.29 is 4.74 Å². The summed E-state index contributed by atoms with van der Waals surface area (Å²) in [5.41, 5.74) is 2.37. The standard InChI is InChI=1S/C10H17N9O/c1-6(2)20-10-15-8(14-9(16-10)17-11)12-4-7-13-5-19(3)18-7/h5-6H,4,11H2,1-3H3,(H2,12,14,15,16,17). The molecule has 0 aromatic carbocycles. The van der Waals surface area contributed by atoms with Crippen LogP contribution in [0.15, 0.2) is 6.33 Å². The van der Waals surface area contributed by atoms with Crippen molar-refractivity contribution in [1.82, 2.24) is 29.7 Å². The lowest BCUT2D eigenvalue weighted by Gasteiger charge is -2.10. The molecule has 0 amide bonds. The van der Waals surface area contributed by atoms with Gasteiger partial charge in [0, 0.05) is 7.05 Å². The van der Waals surface area contributed by atoms with Gasteiger partial charge in [0.05, 0.1) is 12.6 Å². The molecule has 4 N–H and O–H groups in total. The van der Waals surface area contributed by atoms with Gasteiger partial charge in [0.1, 0.15) is 6.33 Å². The summed E-state index contributed by atoms with van der Waals surface area (Å²) in [5.74, 6) is 6.49. The highest BCUT2D eigenvalue weighted by molar-refractivity contribution is 5.34. The minimum absolute atomic E-state index is 0.0478. The molecule has 0 spiro atoms. The van der Waals surface area contributed by atoms with E-state index in [4.69, 9.17) is 10.6 Å². The maximum atomic E-state index is 5.42. The predicted octanol–water partition coefficient (Wildman–Crippen LogP) is -0.315. The largest absolute Gasteiger partial charge is 0.461 e. The van der Waals surface area contributed by atoms with Crippen LogP contribution < -0.4 is 21.3 Å². The number of hydrogen-bond donors (Lipinski definition) is 3. The summed E-state index contributed by atoms with van der Waals surface area (Å²) in [7, 11) is 1.80. The highest BCUT2D eigenvalue weighted by atomic mass is 16.5.